The third kappa shape index (κ3) is 2.30. The highest BCUT2D eigenvalue weighted by Crippen LogP contribution is 2.27. The maximum atomic E-state index is 5.38. The molecule has 0 aliphatic carbocycles. The number of aromatic nitrogens is 2. The van der Waals surface area contributed by atoms with Crippen LogP contribution in [0, 0.1) is 0 Å². The quantitative estimate of drug-likeness (QED) is 0.885. The van der Waals surface area contributed by atoms with Gasteiger partial charge in [-0.25, -0.2) is 0 Å². The maximum absolute atomic E-state index is 5.38. The average Bonchev–Trinajstić information content (AvgIpc) is 2.79. The molecule has 0 spiro atoms. The minimum atomic E-state index is 0.683. The molecular formula is C11H13N3OS. The second-order valence-corrected chi connectivity index (χ2v) is 4.10. The number of nitrogens with one attached hydrogen (secondary N) is 1. The SMILES string of the molecule is CCOc1ccc(-c2nnc(NC)s2)cc1. The Morgan fingerprint density at radius 1 is 1.25 bits per heavy atom. The van der Waals surface area contributed by atoms with Crippen molar-refractivity contribution >= 4 is 16.5 Å². The zero-order valence-corrected chi connectivity index (χ0v) is 10.0. The van der Waals surface area contributed by atoms with Crippen LogP contribution in [0.25, 0.3) is 10.6 Å². The van der Waals surface area contributed by atoms with Crippen LogP contribution in [0.3, 0.4) is 0 Å². The Labute approximate surface area is 98.3 Å². The zero-order valence-electron chi connectivity index (χ0n) is 9.23. The van der Waals surface area contributed by atoms with E-state index in [1.807, 2.05) is 38.2 Å². The predicted octanol–water partition coefficient (Wildman–Crippen LogP) is 2.65. The first kappa shape index (κ1) is 10.9. The Bertz CT molecular complexity index is 453. The third-order valence-corrected chi connectivity index (χ3v) is 3.04. The standard InChI is InChI=1S/C11H13N3OS/c1-3-15-9-6-4-8(5-7-9)10-13-14-11(12-2)16-10/h4-7H,3H2,1-2H3,(H,12,14). The van der Waals surface area contributed by atoms with E-state index in [9.17, 15) is 0 Å². The number of benzene rings is 1. The number of nitrogens with zero attached hydrogens (tertiary/aromatic N) is 2. The highest BCUT2D eigenvalue weighted by Gasteiger charge is 2.05. The molecular weight excluding hydrogens is 222 g/mol. The van der Waals surface area contributed by atoms with Crippen LogP contribution in [0.1, 0.15) is 6.92 Å². The van der Waals surface area contributed by atoms with Gasteiger partial charge in [0.2, 0.25) is 5.13 Å². The summed E-state index contributed by atoms with van der Waals surface area (Å²) < 4.78 is 5.38. The molecule has 0 fully saturated rings. The summed E-state index contributed by atoms with van der Waals surface area (Å²) in [6, 6.07) is 7.87. The van der Waals surface area contributed by atoms with E-state index in [0.29, 0.717) is 6.61 Å². The maximum Gasteiger partial charge on any atom is 0.205 e. The van der Waals surface area contributed by atoms with Crippen LogP contribution in [0.5, 0.6) is 5.75 Å². The number of hydrogen-bond acceptors (Lipinski definition) is 5. The van der Waals surface area contributed by atoms with E-state index >= 15 is 0 Å². The number of rotatable bonds is 4. The lowest BCUT2D eigenvalue weighted by atomic mass is 10.2. The van der Waals surface area contributed by atoms with E-state index in [-0.39, 0.29) is 0 Å². The van der Waals surface area contributed by atoms with E-state index in [1.54, 1.807) is 0 Å². The summed E-state index contributed by atoms with van der Waals surface area (Å²) in [5.74, 6) is 0.879. The summed E-state index contributed by atoms with van der Waals surface area (Å²) in [7, 11) is 1.84. The van der Waals surface area contributed by atoms with Crippen molar-refractivity contribution in [1.29, 1.82) is 0 Å². The third-order valence-electron chi connectivity index (χ3n) is 2.05. The molecule has 84 valence electrons. The molecule has 1 aromatic carbocycles. The molecule has 0 bridgehead atoms. The molecule has 1 aromatic heterocycles. The fourth-order valence-electron chi connectivity index (χ4n) is 1.30. The van der Waals surface area contributed by atoms with Crippen molar-refractivity contribution in [2.75, 3.05) is 19.0 Å². The van der Waals surface area contributed by atoms with Crippen LogP contribution in [-0.4, -0.2) is 23.9 Å². The summed E-state index contributed by atoms with van der Waals surface area (Å²) in [6.45, 7) is 2.65. The summed E-state index contributed by atoms with van der Waals surface area (Å²) in [4.78, 5) is 0. The lowest BCUT2D eigenvalue weighted by Gasteiger charge is -2.02. The van der Waals surface area contributed by atoms with E-state index in [2.05, 4.69) is 15.5 Å². The number of ether oxygens (including phenoxy) is 1. The topological polar surface area (TPSA) is 47.0 Å². The van der Waals surface area contributed by atoms with E-state index in [0.717, 1.165) is 21.5 Å². The van der Waals surface area contributed by atoms with Crippen molar-refractivity contribution in [1.82, 2.24) is 10.2 Å². The predicted molar refractivity (Wildman–Crippen MR) is 66.1 cm³/mol. The van der Waals surface area contributed by atoms with Crippen molar-refractivity contribution in [3.8, 4) is 16.3 Å². The molecule has 0 unspecified atom stereocenters. The molecule has 0 aliphatic heterocycles. The van der Waals surface area contributed by atoms with Crippen molar-refractivity contribution in [2.24, 2.45) is 0 Å². The van der Waals surface area contributed by atoms with Gasteiger partial charge in [0.25, 0.3) is 0 Å². The molecule has 0 saturated carbocycles. The first-order chi connectivity index (χ1) is 7.83. The highest BCUT2D eigenvalue weighted by molar-refractivity contribution is 7.18. The molecule has 16 heavy (non-hydrogen) atoms. The molecule has 0 aliphatic rings. The minimum absolute atomic E-state index is 0.683. The summed E-state index contributed by atoms with van der Waals surface area (Å²) in [5.41, 5.74) is 1.06. The van der Waals surface area contributed by atoms with Gasteiger partial charge in [-0.2, -0.15) is 0 Å². The average molecular weight is 235 g/mol. The van der Waals surface area contributed by atoms with Gasteiger partial charge in [0.05, 0.1) is 6.61 Å². The second kappa shape index (κ2) is 4.94. The molecule has 5 heteroatoms. The van der Waals surface area contributed by atoms with Gasteiger partial charge in [-0.15, -0.1) is 10.2 Å². The molecule has 0 atom stereocenters. The minimum Gasteiger partial charge on any atom is -0.494 e. The van der Waals surface area contributed by atoms with Gasteiger partial charge in [0, 0.05) is 12.6 Å². The molecule has 2 aromatic rings. The normalized spacial score (nSPS) is 10.1. The fraction of sp³-hybridized carbons (Fsp3) is 0.273. The fourth-order valence-corrected chi connectivity index (χ4v) is 2.00. The van der Waals surface area contributed by atoms with E-state index < -0.39 is 0 Å². The first-order valence-electron chi connectivity index (χ1n) is 5.08. The number of anilines is 1. The van der Waals surface area contributed by atoms with Crippen LogP contribution < -0.4 is 10.1 Å². The lowest BCUT2D eigenvalue weighted by molar-refractivity contribution is 0.340. The highest BCUT2D eigenvalue weighted by atomic mass is 32.1. The second-order valence-electron chi connectivity index (χ2n) is 3.12. The Hall–Kier alpha value is -1.62. The summed E-state index contributed by atoms with van der Waals surface area (Å²) in [6.07, 6.45) is 0. The van der Waals surface area contributed by atoms with Crippen molar-refractivity contribution in [3.63, 3.8) is 0 Å². The van der Waals surface area contributed by atoms with Crippen LogP contribution in [0.15, 0.2) is 24.3 Å². The molecule has 1 heterocycles. The van der Waals surface area contributed by atoms with Gasteiger partial charge in [-0.1, -0.05) is 11.3 Å². The summed E-state index contributed by atoms with van der Waals surface area (Å²) >= 11 is 1.53. The monoisotopic (exact) mass is 235 g/mol. The van der Waals surface area contributed by atoms with Crippen molar-refractivity contribution in [3.05, 3.63) is 24.3 Å². The molecule has 0 saturated heterocycles. The van der Waals surface area contributed by atoms with Gasteiger partial charge in [-0.3, -0.25) is 0 Å². The molecule has 0 amide bonds. The Morgan fingerprint density at radius 3 is 2.56 bits per heavy atom. The molecule has 0 radical (unpaired) electrons. The molecule has 4 nitrogen and oxygen atoms in total. The molecule has 2 rings (SSSR count). The summed E-state index contributed by atoms with van der Waals surface area (Å²) in [5, 5.41) is 12.8. The number of hydrogen-bond donors (Lipinski definition) is 1. The van der Waals surface area contributed by atoms with Gasteiger partial charge in [-0.05, 0) is 31.2 Å². The molecule has 1 N–H and O–H groups in total. The van der Waals surface area contributed by atoms with Gasteiger partial charge in [0.15, 0.2) is 0 Å². The largest absolute Gasteiger partial charge is 0.494 e. The van der Waals surface area contributed by atoms with E-state index in [1.165, 1.54) is 11.3 Å². The van der Waals surface area contributed by atoms with Crippen LogP contribution in [0.2, 0.25) is 0 Å². The van der Waals surface area contributed by atoms with Crippen LogP contribution >= 0.6 is 11.3 Å². The van der Waals surface area contributed by atoms with Gasteiger partial charge < -0.3 is 10.1 Å². The van der Waals surface area contributed by atoms with Gasteiger partial charge >= 0.3 is 0 Å². The Balaban J connectivity index is 2.20. The first-order valence-corrected chi connectivity index (χ1v) is 5.89. The van der Waals surface area contributed by atoms with Gasteiger partial charge in [0.1, 0.15) is 10.8 Å². The smallest absolute Gasteiger partial charge is 0.205 e. The Morgan fingerprint density at radius 2 is 2.00 bits per heavy atom. The van der Waals surface area contributed by atoms with Crippen LogP contribution in [-0.2, 0) is 0 Å². The van der Waals surface area contributed by atoms with E-state index in [4.69, 9.17) is 4.74 Å². The van der Waals surface area contributed by atoms with Crippen molar-refractivity contribution in [2.45, 2.75) is 6.92 Å². The Kier molecular flexibility index (Phi) is 3.36. The van der Waals surface area contributed by atoms with Crippen molar-refractivity contribution < 1.29 is 4.74 Å². The zero-order chi connectivity index (χ0) is 11.4. The lowest BCUT2D eigenvalue weighted by Crippen LogP contribution is -1.90. The van der Waals surface area contributed by atoms with Crippen LogP contribution in [0.4, 0.5) is 5.13 Å².